The number of aliphatic hydroxyl groups is 1. The molecule has 0 amide bonds. The maximum Gasteiger partial charge on any atom is 0.0564 e. The molecule has 8 heavy (non-hydrogen) atoms. The lowest BCUT2D eigenvalue weighted by molar-refractivity contribution is 0.282. The van der Waals surface area contributed by atoms with Crippen LogP contribution in [-0.4, -0.2) is 11.7 Å². The van der Waals surface area contributed by atoms with Crippen LogP contribution in [0.4, 0.5) is 0 Å². The second kappa shape index (κ2) is 6.96. The minimum Gasteiger partial charge on any atom is -0.396 e. The number of unbranched alkanes of at least 4 members (excludes halogenated alkanes) is 3. The normalized spacial score (nSPS) is 15.2. The van der Waals surface area contributed by atoms with Crippen molar-refractivity contribution in [1.82, 2.24) is 0 Å². The molecule has 50 valence electrons. The lowest BCUT2D eigenvalue weighted by atomic mass is 10.2. The zero-order valence-corrected chi connectivity index (χ0v) is 5.48. The summed E-state index contributed by atoms with van der Waals surface area (Å²) < 4.78 is 13.6. The van der Waals surface area contributed by atoms with Crippen molar-refractivity contribution in [2.45, 2.75) is 39.0 Å². The van der Waals surface area contributed by atoms with Gasteiger partial charge in [-0.2, -0.15) is 0 Å². The molecular weight excluding hydrogens is 100 g/mol. The number of hydrogen-bond acceptors (Lipinski definition) is 1. The van der Waals surface area contributed by atoms with Crippen molar-refractivity contribution < 1.29 is 7.85 Å². The Kier molecular flexibility index (Phi) is 4.18. The Morgan fingerprint density at radius 1 is 1.25 bits per heavy atom. The van der Waals surface area contributed by atoms with Gasteiger partial charge in [0.25, 0.3) is 0 Å². The zero-order chi connectivity index (χ0) is 8.04. The molecule has 1 N–H and O–H groups in total. The summed E-state index contributed by atoms with van der Waals surface area (Å²) in [5, 5.41) is 8.65. The highest BCUT2D eigenvalue weighted by Gasteiger charge is 1.84. The molecule has 1 nitrogen and oxygen atoms in total. The first-order chi connectivity index (χ1) is 4.56. The maximum absolute atomic E-state index is 8.65. The van der Waals surface area contributed by atoms with E-state index in [1.54, 1.807) is 0 Å². The maximum atomic E-state index is 8.65. The van der Waals surface area contributed by atoms with Crippen molar-refractivity contribution in [2.24, 2.45) is 0 Å². The predicted molar refractivity (Wildman–Crippen MR) is 35.8 cm³/mol. The summed E-state index contributed by atoms with van der Waals surface area (Å²) in [4.78, 5) is 0. The van der Waals surface area contributed by atoms with E-state index in [4.69, 9.17) is 7.85 Å². The van der Waals surface area contributed by atoms with E-state index in [2.05, 4.69) is 6.92 Å². The Bertz CT molecular complexity index is 78.2. The molecule has 0 saturated carbocycles. The molecule has 0 spiro atoms. The molecule has 0 aliphatic heterocycles. The van der Waals surface area contributed by atoms with Crippen LogP contribution in [0.25, 0.3) is 0 Å². The molecular formula is C7H16O. The highest BCUT2D eigenvalue weighted by atomic mass is 16.2. The highest BCUT2D eigenvalue weighted by molar-refractivity contribution is 4.39. The van der Waals surface area contributed by atoms with Crippen molar-refractivity contribution in [3.63, 3.8) is 0 Å². The molecule has 0 rings (SSSR count). The summed E-state index contributed by atoms with van der Waals surface area (Å²) in [5.41, 5.74) is 0. The molecule has 0 radical (unpaired) electrons. The quantitative estimate of drug-likeness (QED) is 0.547. The van der Waals surface area contributed by atoms with E-state index in [0.717, 1.165) is 25.7 Å². The van der Waals surface area contributed by atoms with E-state index in [1.165, 1.54) is 0 Å². The van der Waals surface area contributed by atoms with Crippen molar-refractivity contribution in [3.8, 4) is 0 Å². The van der Waals surface area contributed by atoms with Crippen LogP contribution >= 0.6 is 0 Å². The minimum atomic E-state index is -1.95. The van der Waals surface area contributed by atoms with Crippen LogP contribution in [0, 0.1) is 0 Å². The standard InChI is InChI=1S/C7H16O/c1-2-3-4-5-6-7-8/h8H,2-7H2,1H3/i7D2. The molecule has 0 fully saturated rings. The van der Waals surface area contributed by atoms with E-state index in [0.29, 0.717) is 0 Å². The molecule has 0 aromatic heterocycles. The van der Waals surface area contributed by atoms with Gasteiger partial charge in [0.05, 0.1) is 2.74 Å². The molecule has 0 atom stereocenters. The van der Waals surface area contributed by atoms with Gasteiger partial charge in [0, 0.05) is 6.56 Å². The van der Waals surface area contributed by atoms with E-state index < -0.39 is 6.56 Å². The first kappa shape index (κ1) is 4.80. The SMILES string of the molecule is [2H]C([2H])(O)CCCCCC. The largest absolute Gasteiger partial charge is 0.396 e. The average Bonchev–Trinajstić information content (AvgIpc) is 1.78. The fourth-order valence-corrected chi connectivity index (χ4v) is 0.631. The number of rotatable bonds is 5. The summed E-state index contributed by atoms with van der Waals surface area (Å²) in [7, 11) is 0. The fraction of sp³-hybridized carbons (Fsp3) is 1.00. The first-order valence-electron chi connectivity index (χ1n) is 4.28. The van der Waals surface area contributed by atoms with Gasteiger partial charge in [-0.25, -0.2) is 0 Å². The minimum absolute atomic E-state index is 0.271. The topological polar surface area (TPSA) is 20.2 Å². The third kappa shape index (κ3) is 5.96. The molecule has 1 heteroatoms. The Morgan fingerprint density at radius 2 is 1.88 bits per heavy atom. The molecule has 0 aliphatic rings. The summed E-state index contributed by atoms with van der Waals surface area (Å²) in [6.07, 6.45) is 4.37. The van der Waals surface area contributed by atoms with Crippen LogP contribution in [0.15, 0.2) is 0 Å². The Hall–Kier alpha value is -0.0400. The molecule has 0 aromatic rings. The van der Waals surface area contributed by atoms with Crippen LogP contribution in [0.1, 0.15) is 41.8 Å². The van der Waals surface area contributed by atoms with Crippen molar-refractivity contribution in [3.05, 3.63) is 0 Å². The molecule has 0 heterocycles. The van der Waals surface area contributed by atoms with Gasteiger partial charge >= 0.3 is 0 Å². The van der Waals surface area contributed by atoms with Gasteiger partial charge in [-0.15, -0.1) is 0 Å². The van der Waals surface area contributed by atoms with Gasteiger partial charge in [-0.1, -0.05) is 32.6 Å². The van der Waals surface area contributed by atoms with Gasteiger partial charge < -0.3 is 5.11 Å². The summed E-state index contributed by atoms with van der Waals surface area (Å²) in [5.74, 6) is 0. The third-order valence-corrected chi connectivity index (χ3v) is 1.14. The van der Waals surface area contributed by atoms with Gasteiger partial charge in [0.2, 0.25) is 0 Å². The smallest absolute Gasteiger partial charge is 0.0564 e. The predicted octanol–water partition coefficient (Wildman–Crippen LogP) is 1.95. The van der Waals surface area contributed by atoms with Gasteiger partial charge in [-0.3, -0.25) is 0 Å². The summed E-state index contributed by atoms with van der Waals surface area (Å²) >= 11 is 0. The molecule has 0 aromatic carbocycles. The van der Waals surface area contributed by atoms with Crippen LogP contribution < -0.4 is 0 Å². The van der Waals surface area contributed by atoms with E-state index >= 15 is 0 Å². The molecule has 0 saturated heterocycles. The molecule has 0 unspecified atom stereocenters. The van der Waals surface area contributed by atoms with Crippen molar-refractivity contribution >= 4 is 0 Å². The van der Waals surface area contributed by atoms with Gasteiger partial charge in [0.15, 0.2) is 0 Å². The second-order valence-electron chi connectivity index (χ2n) is 1.97. The Morgan fingerprint density at radius 3 is 2.38 bits per heavy atom. The van der Waals surface area contributed by atoms with E-state index in [9.17, 15) is 0 Å². The fourth-order valence-electron chi connectivity index (χ4n) is 0.631. The first-order valence-corrected chi connectivity index (χ1v) is 3.28. The lowest BCUT2D eigenvalue weighted by Gasteiger charge is -1.93. The molecule has 0 aliphatic carbocycles. The van der Waals surface area contributed by atoms with Gasteiger partial charge in [0.1, 0.15) is 0 Å². The van der Waals surface area contributed by atoms with Crippen LogP contribution in [-0.2, 0) is 0 Å². The molecule has 0 bridgehead atoms. The van der Waals surface area contributed by atoms with Crippen LogP contribution in [0.3, 0.4) is 0 Å². The van der Waals surface area contributed by atoms with Crippen LogP contribution in [0.5, 0.6) is 0 Å². The Labute approximate surface area is 54.5 Å². The monoisotopic (exact) mass is 118 g/mol. The zero-order valence-electron chi connectivity index (χ0n) is 7.48. The van der Waals surface area contributed by atoms with Gasteiger partial charge in [-0.05, 0) is 6.42 Å². The van der Waals surface area contributed by atoms with Crippen molar-refractivity contribution in [1.29, 1.82) is 0 Å². The lowest BCUT2D eigenvalue weighted by Crippen LogP contribution is -1.81. The van der Waals surface area contributed by atoms with E-state index in [1.807, 2.05) is 0 Å². The number of hydrogen-bond donors (Lipinski definition) is 1. The second-order valence-corrected chi connectivity index (χ2v) is 1.97. The van der Waals surface area contributed by atoms with Crippen LogP contribution in [0.2, 0.25) is 0 Å². The van der Waals surface area contributed by atoms with E-state index in [-0.39, 0.29) is 6.42 Å². The average molecular weight is 118 g/mol. The van der Waals surface area contributed by atoms with Crippen molar-refractivity contribution in [2.75, 3.05) is 6.56 Å². The summed E-state index contributed by atoms with van der Waals surface area (Å²) in [6, 6.07) is 0. The summed E-state index contributed by atoms with van der Waals surface area (Å²) in [6.45, 7) is 0.154. The Balaban J connectivity index is 3.04. The highest BCUT2D eigenvalue weighted by Crippen LogP contribution is 2.00. The third-order valence-electron chi connectivity index (χ3n) is 1.14.